The van der Waals surface area contributed by atoms with Crippen LogP contribution in [0.15, 0.2) is 40.1 Å². The average Bonchev–Trinajstić information content (AvgIpc) is 3.22. The van der Waals surface area contributed by atoms with Crippen molar-refractivity contribution >= 4 is 17.2 Å². The minimum absolute atomic E-state index is 0.0831. The molecule has 2 aromatic heterocycles. The lowest BCUT2D eigenvalue weighted by molar-refractivity contribution is -0.120. The molecule has 0 bridgehead atoms. The number of furan rings is 1. The highest BCUT2D eigenvalue weighted by atomic mass is 32.1. The molecule has 1 aromatic carbocycles. The molecule has 0 aliphatic rings. The van der Waals surface area contributed by atoms with E-state index in [9.17, 15) is 9.18 Å². The highest BCUT2D eigenvalue weighted by Gasteiger charge is 2.10. The number of ether oxygens (including phenoxy) is 1. The van der Waals surface area contributed by atoms with E-state index in [-0.39, 0.29) is 24.6 Å². The summed E-state index contributed by atoms with van der Waals surface area (Å²) in [5.41, 5.74) is 1.36. The van der Waals surface area contributed by atoms with E-state index < -0.39 is 5.82 Å². The number of rotatable bonds is 6. The lowest BCUT2D eigenvalue weighted by Gasteiger charge is -2.06. The molecule has 1 amide bonds. The molecule has 0 unspecified atom stereocenters. The Balaban J connectivity index is 1.56. The van der Waals surface area contributed by atoms with Gasteiger partial charge in [0.2, 0.25) is 5.91 Å². The number of aryl methyl sites for hydroxylation is 1. The smallest absolute Gasteiger partial charge is 0.224 e. The number of carbonyl (C=O) groups is 1. The normalized spacial score (nSPS) is 10.7. The number of hydrogen-bond donors (Lipinski definition) is 1. The number of benzene rings is 1. The van der Waals surface area contributed by atoms with Crippen molar-refractivity contribution in [3.63, 3.8) is 0 Å². The van der Waals surface area contributed by atoms with Crippen LogP contribution < -0.4 is 10.1 Å². The Labute approximate surface area is 148 Å². The van der Waals surface area contributed by atoms with Gasteiger partial charge in [0.05, 0.1) is 25.1 Å². The van der Waals surface area contributed by atoms with Crippen LogP contribution in [0, 0.1) is 12.7 Å². The first kappa shape index (κ1) is 17.2. The lowest BCUT2D eigenvalue weighted by Crippen LogP contribution is -2.24. The van der Waals surface area contributed by atoms with Crippen LogP contribution in [0.5, 0.6) is 5.75 Å². The molecule has 0 saturated heterocycles. The van der Waals surface area contributed by atoms with Gasteiger partial charge >= 0.3 is 0 Å². The van der Waals surface area contributed by atoms with Crippen LogP contribution >= 0.6 is 11.3 Å². The molecule has 1 N–H and O–H groups in total. The number of nitrogens with one attached hydrogen (secondary N) is 1. The molecule has 0 aliphatic carbocycles. The molecule has 3 aromatic rings. The number of amides is 1. The van der Waals surface area contributed by atoms with Crippen molar-refractivity contribution in [2.75, 3.05) is 7.11 Å². The summed E-state index contributed by atoms with van der Waals surface area (Å²) >= 11 is 1.55. The van der Waals surface area contributed by atoms with Gasteiger partial charge in [-0.15, -0.1) is 11.3 Å². The molecule has 130 valence electrons. The number of halogens is 1. The molecule has 2 heterocycles. The summed E-state index contributed by atoms with van der Waals surface area (Å²) in [5, 5.41) is 5.65. The first-order valence-electron chi connectivity index (χ1n) is 7.65. The monoisotopic (exact) mass is 360 g/mol. The quantitative estimate of drug-likeness (QED) is 0.728. The van der Waals surface area contributed by atoms with Gasteiger partial charge in [-0.3, -0.25) is 4.79 Å². The van der Waals surface area contributed by atoms with Crippen LogP contribution in [-0.2, 0) is 17.8 Å². The van der Waals surface area contributed by atoms with E-state index in [0.29, 0.717) is 17.1 Å². The summed E-state index contributed by atoms with van der Waals surface area (Å²) in [6, 6.07) is 8.10. The van der Waals surface area contributed by atoms with Crippen molar-refractivity contribution in [1.82, 2.24) is 10.3 Å². The van der Waals surface area contributed by atoms with Gasteiger partial charge < -0.3 is 14.5 Å². The molecule has 0 atom stereocenters. The first-order chi connectivity index (χ1) is 12.0. The van der Waals surface area contributed by atoms with Crippen molar-refractivity contribution in [1.29, 1.82) is 0 Å². The van der Waals surface area contributed by atoms with Gasteiger partial charge in [-0.2, -0.15) is 0 Å². The SMILES string of the molecule is COc1ccc(CC(=O)NCc2ccc(-c3csc(C)n3)o2)cc1F. The molecular weight excluding hydrogens is 343 g/mol. The summed E-state index contributed by atoms with van der Waals surface area (Å²) in [6.07, 6.45) is 0.0831. The van der Waals surface area contributed by atoms with Gasteiger partial charge in [0, 0.05) is 5.38 Å². The molecule has 25 heavy (non-hydrogen) atoms. The number of hydrogen-bond acceptors (Lipinski definition) is 5. The lowest BCUT2D eigenvalue weighted by atomic mass is 10.1. The zero-order valence-electron chi connectivity index (χ0n) is 13.8. The standard InChI is InChI=1S/C18H17FN2O3S/c1-11-21-15(10-25-11)17-6-4-13(24-17)9-20-18(22)8-12-3-5-16(23-2)14(19)7-12/h3-7,10H,8-9H2,1-2H3,(H,20,22). The maximum Gasteiger partial charge on any atom is 0.224 e. The average molecular weight is 360 g/mol. The van der Waals surface area contributed by atoms with E-state index in [0.717, 1.165) is 10.7 Å². The molecule has 3 rings (SSSR count). The van der Waals surface area contributed by atoms with E-state index in [2.05, 4.69) is 10.3 Å². The third-order valence-electron chi connectivity index (χ3n) is 3.57. The maximum absolute atomic E-state index is 13.6. The third-order valence-corrected chi connectivity index (χ3v) is 4.35. The highest BCUT2D eigenvalue weighted by molar-refractivity contribution is 7.09. The van der Waals surface area contributed by atoms with Crippen molar-refractivity contribution in [2.45, 2.75) is 19.9 Å². The van der Waals surface area contributed by atoms with E-state index >= 15 is 0 Å². The molecule has 0 fully saturated rings. The predicted molar refractivity (Wildman–Crippen MR) is 93.1 cm³/mol. The fourth-order valence-electron chi connectivity index (χ4n) is 2.34. The molecule has 0 radical (unpaired) electrons. The second-order valence-electron chi connectivity index (χ2n) is 5.44. The second-order valence-corrected chi connectivity index (χ2v) is 6.50. The second kappa shape index (κ2) is 7.48. The fourth-order valence-corrected chi connectivity index (χ4v) is 2.94. The first-order valence-corrected chi connectivity index (χ1v) is 8.53. The van der Waals surface area contributed by atoms with Crippen LogP contribution in [0.2, 0.25) is 0 Å². The maximum atomic E-state index is 13.6. The van der Waals surface area contributed by atoms with Crippen LogP contribution in [0.3, 0.4) is 0 Å². The van der Waals surface area contributed by atoms with Crippen molar-refractivity contribution in [3.8, 4) is 17.2 Å². The molecule has 0 spiro atoms. The minimum atomic E-state index is -0.484. The minimum Gasteiger partial charge on any atom is -0.494 e. The van der Waals surface area contributed by atoms with E-state index in [1.165, 1.54) is 19.2 Å². The Morgan fingerprint density at radius 2 is 2.20 bits per heavy atom. The van der Waals surface area contributed by atoms with Crippen LogP contribution in [0.4, 0.5) is 4.39 Å². The largest absolute Gasteiger partial charge is 0.494 e. The summed E-state index contributed by atoms with van der Waals surface area (Å²) in [7, 11) is 1.40. The zero-order chi connectivity index (χ0) is 17.8. The number of thiazole rings is 1. The van der Waals surface area contributed by atoms with Gasteiger partial charge in [0.1, 0.15) is 11.5 Å². The molecule has 7 heteroatoms. The number of nitrogens with zero attached hydrogens (tertiary/aromatic N) is 1. The zero-order valence-corrected chi connectivity index (χ0v) is 14.7. The molecule has 0 aliphatic heterocycles. The van der Waals surface area contributed by atoms with E-state index in [1.54, 1.807) is 23.5 Å². The van der Waals surface area contributed by atoms with Crippen LogP contribution in [0.25, 0.3) is 11.5 Å². The Bertz CT molecular complexity index is 888. The van der Waals surface area contributed by atoms with Crippen molar-refractivity contribution < 1.29 is 18.3 Å². The highest BCUT2D eigenvalue weighted by Crippen LogP contribution is 2.23. The summed E-state index contributed by atoms with van der Waals surface area (Å²) in [4.78, 5) is 16.4. The van der Waals surface area contributed by atoms with Gasteiger partial charge in [-0.1, -0.05) is 6.07 Å². The number of carbonyl (C=O) groups excluding carboxylic acids is 1. The van der Waals surface area contributed by atoms with Crippen molar-refractivity contribution in [2.24, 2.45) is 0 Å². The summed E-state index contributed by atoms with van der Waals surface area (Å²) < 4.78 is 24.2. The number of aromatic nitrogens is 1. The molecule has 5 nitrogen and oxygen atoms in total. The van der Waals surface area contributed by atoms with Crippen molar-refractivity contribution in [3.05, 3.63) is 57.9 Å². The Kier molecular flexibility index (Phi) is 5.14. The van der Waals surface area contributed by atoms with Gasteiger partial charge in [0.15, 0.2) is 17.3 Å². The summed E-state index contributed by atoms with van der Waals surface area (Å²) in [6.45, 7) is 2.20. The van der Waals surface area contributed by atoms with Gasteiger partial charge in [0.25, 0.3) is 0 Å². The van der Waals surface area contributed by atoms with Gasteiger partial charge in [-0.05, 0) is 36.8 Å². The summed E-state index contributed by atoms with van der Waals surface area (Å²) in [5.74, 6) is 0.763. The molecule has 0 saturated carbocycles. The topological polar surface area (TPSA) is 64.4 Å². The van der Waals surface area contributed by atoms with E-state index in [1.807, 2.05) is 18.4 Å². The number of methoxy groups -OCH3 is 1. The van der Waals surface area contributed by atoms with Gasteiger partial charge in [-0.25, -0.2) is 9.37 Å². The fraction of sp³-hybridized carbons (Fsp3) is 0.222. The Hall–Kier alpha value is -2.67. The van der Waals surface area contributed by atoms with Crippen LogP contribution in [-0.4, -0.2) is 18.0 Å². The molecular formula is C18H17FN2O3S. The van der Waals surface area contributed by atoms with E-state index in [4.69, 9.17) is 9.15 Å². The van der Waals surface area contributed by atoms with Crippen LogP contribution in [0.1, 0.15) is 16.3 Å². The Morgan fingerprint density at radius 1 is 1.36 bits per heavy atom. The Morgan fingerprint density at radius 3 is 2.88 bits per heavy atom. The predicted octanol–water partition coefficient (Wildman–Crippen LogP) is 3.72. The third kappa shape index (κ3) is 4.24.